The molecule has 102 valence electrons. The molecule has 0 saturated heterocycles. The first-order chi connectivity index (χ1) is 8.51. The van der Waals surface area contributed by atoms with Gasteiger partial charge < -0.3 is 10.0 Å². The maximum absolute atomic E-state index is 13.6. The molecular formula is C15H24FNO. The van der Waals surface area contributed by atoms with E-state index in [4.69, 9.17) is 0 Å². The van der Waals surface area contributed by atoms with Gasteiger partial charge in [0.05, 0.1) is 6.10 Å². The van der Waals surface area contributed by atoms with Crippen LogP contribution >= 0.6 is 0 Å². The molecule has 18 heavy (non-hydrogen) atoms. The van der Waals surface area contributed by atoms with Crippen molar-refractivity contribution < 1.29 is 9.50 Å². The van der Waals surface area contributed by atoms with Gasteiger partial charge in [-0.3, -0.25) is 0 Å². The Balaban J connectivity index is 3.21. The second kappa shape index (κ2) is 6.74. The Bertz CT molecular complexity index is 384. The Kier molecular flexibility index (Phi) is 5.60. The molecule has 0 bridgehead atoms. The van der Waals surface area contributed by atoms with Crippen LogP contribution in [0.4, 0.5) is 10.1 Å². The van der Waals surface area contributed by atoms with Gasteiger partial charge in [-0.25, -0.2) is 4.39 Å². The Hall–Kier alpha value is -1.09. The smallest absolute Gasteiger partial charge is 0.126 e. The molecule has 0 aliphatic rings. The minimum atomic E-state index is -0.647. The van der Waals surface area contributed by atoms with Gasteiger partial charge in [0.25, 0.3) is 0 Å². The zero-order valence-corrected chi connectivity index (χ0v) is 11.8. The van der Waals surface area contributed by atoms with Crippen molar-refractivity contribution in [2.75, 3.05) is 18.0 Å². The molecule has 0 amide bonds. The number of rotatable bonds is 6. The first-order valence-electron chi connectivity index (χ1n) is 6.74. The van der Waals surface area contributed by atoms with Crippen LogP contribution in [0.3, 0.4) is 0 Å². The number of aliphatic hydroxyl groups excluding tert-OH is 1. The highest BCUT2D eigenvalue weighted by Crippen LogP contribution is 2.29. The zero-order chi connectivity index (χ0) is 13.7. The Morgan fingerprint density at radius 2 is 1.78 bits per heavy atom. The fraction of sp³-hybridized carbons (Fsp3) is 0.600. The highest BCUT2D eigenvalue weighted by atomic mass is 19.1. The number of benzene rings is 1. The predicted octanol–water partition coefficient (Wildman–Crippen LogP) is 3.81. The molecule has 0 fully saturated rings. The summed E-state index contributed by atoms with van der Waals surface area (Å²) in [5.41, 5.74) is 2.28. The third kappa shape index (κ3) is 3.45. The molecule has 1 aromatic rings. The van der Waals surface area contributed by atoms with Crippen LogP contribution in [0, 0.1) is 12.7 Å². The van der Waals surface area contributed by atoms with Crippen molar-refractivity contribution in [1.29, 1.82) is 0 Å². The molecule has 3 heteroatoms. The van der Waals surface area contributed by atoms with E-state index >= 15 is 0 Å². The van der Waals surface area contributed by atoms with Gasteiger partial charge in [0, 0.05) is 24.3 Å². The molecule has 1 rings (SSSR count). The molecule has 0 aromatic heterocycles. The number of aryl methyl sites for hydroxylation is 1. The van der Waals surface area contributed by atoms with E-state index in [1.54, 1.807) is 13.8 Å². The summed E-state index contributed by atoms with van der Waals surface area (Å²) in [5, 5.41) is 9.81. The number of anilines is 1. The maximum Gasteiger partial charge on any atom is 0.126 e. The quantitative estimate of drug-likeness (QED) is 0.833. The molecule has 0 aliphatic heterocycles. The van der Waals surface area contributed by atoms with E-state index in [-0.39, 0.29) is 5.82 Å². The largest absolute Gasteiger partial charge is 0.389 e. The topological polar surface area (TPSA) is 23.5 Å². The van der Waals surface area contributed by atoms with Crippen molar-refractivity contribution in [1.82, 2.24) is 0 Å². The highest BCUT2D eigenvalue weighted by molar-refractivity contribution is 5.56. The monoisotopic (exact) mass is 253 g/mol. The van der Waals surface area contributed by atoms with Gasteiger partial charge >= 0.3 is 0 Å². The molecule has 1 N–H and O–H groups in total. The predicted molar refractivity (Wildman–Crippen MR) is 74.6 cm³/mol. The first kappa shape index (κ1) is 15.0. The summed E-state index contributed by atoms with van der Waals surface area (Å²) in [7, 11) is 0. The van der Waals surface area contributed by atoms with E-state index in [0.717, 1.165) is 31.6 Å². The Morgan fingerprint density at radius 3 is 2.22 bits per heavy atom. The van der Waals surface area contributed by atoms with Crippen molar-refractivity contribution in [3.05, 3.63) is 29.1 Å². The lowest BCUT2D eigenvalue weighted by atomic mass is 10.0. The Labute approximate surface area is 109 Å². The second-order valence-corrected chi connectivity index (χ2v) is 4.82. The van der Waals surface area contributed by atoms with Crippen molar-refractivity contribution in [2.24, 2.45) is 0 Å². The minimum absolute atomic E-state index is 0.248. The number of nitrogens with zero attached hydrogens (tertiary/aromatic N) is 1. The fourth-order valence-electron chi connectivity index (χ4n) is 2.18. The van der Waals surface area contributed by atoms with E-state index in [0.29, 0.717) is 11.1 Å². The van der Waals surface area contributed by atoms with Crippen molar-refractivity contribution in [3.8, 4) is 0 Å². The lowest BCUT2D eigenvalue weighted by Crippen LogP contribution is -2.26. The lowest BCUT2D eigenvalue weighted by molar-refractivity contribution is 0.199. The number of aliphatic hydroxyl groups is 1. The summed E-state index contributed by atoms with van der Waals surface area (Å²) >= 11 is 0. The maximum atomic E-state index is 13.6. The van der Waals surface area contributed by atoms with Gasteiger partial charge in [-0.1, -0.05) is 13.8 Å². The average molecular weight is 253 g/mol. The third-order valence-electron chi connectivity index (χ3n) is 3.09. The van der Waals surface area contributed by atoms with Crippen LogP contribution in [0.2, 0.25) is 0 Å². The SMILES string of the molecule is CCCN(CCC)c1cc(C)c(F)cc1[C@@H](C)O. The van der Waals surface area contributed by atoms with Gasteiger partial charge in [-0.05, 0) is 44.4 Å². The summed E-state index contributed by atoms with van der Waals surface area (Å²) in [6, 6.07) is 3.32. The van der Waals surface area contributed by atoms with E-state index in [9.17, 15) is 9.50 Å². The number of hydrogen-bond donors (Lipinski definition) is 1. The van der Waals surface area contributed by atoms with Crippen LogP contribution in [0.15, 0.2) is 12.1 Å². The lowest BCUT2D eigenvalue weighted by Gasteiger charge is -2.28. The van der Waals surface area contributed by atoms with Crippen LogP contribution in [0.25, 0.3) is 0 Å². The second-order valence-electron chi connectivity index (χ2n) is 4.82. The molecule has 0 unspecified atom stereocenters. The van der Waals surface area contributed by atoms with E-state index in [2.05, 4.69) is 18.7 Å². The minimum Gasteiger partial charge on any atom is -0.389 e. The molecule has 0 radical (unpaired) electrons. The van der Waals surface area contributed by atoms with Crippen molar-refractivity contribution in [2.45, 2.75) is 46.6 Å². The summed E-state index contributed by atoms with van der Waals surface area (Å²) in [6.45, 7) is 9.56. The van der Waals surface area contributed by atoms with Gasteiger partial charge in [0.2, 0.25) is 0 Å². The fourth-order valence-corrected chi connectivity index (χ4v) is 2.18. The van der Waals surface area contributed by atoms with Gasteiger partial charge in [0.1, 0.15) is 5.82 Å². The van der Waals surface area contributed by atoms with Crippen LogP contribution in [-0.4, -0.2) is 18.2 Å². The van der Waals surface area contributed by atoms with E-state index in [1.807, 2.05) is 6.07 Å². The van der Waals surface area contributed by atoms with Crippen LogP contribution in [-0.2, 0) is 0 Å². The molecule has 1 aromatic carbocycles. The standard InChI is InChI=1S/C15H24FNO/c1-5-7-17(8-6-2)15-9-11(3)14(16)10-13(15)12(4)18/h9-10,12,18H,5-8H2,1-4H3/t12-/m1/s1. The van der Waals surface area contributed by atoms with Gasteiger partial charge in [0.15, 0.2) is 0 Å². The first-order valence-corrected chi connectivity index (χ1v) is 6.74. The molecule has 0 aliphatic carbocycles. The van der Waals surface area contributed by atoms with Crippen molar-refractivity contribution >= 4 is 5.69 Å². The summed E-state index contributed by atoms with van der Waals surface area (Å²) in [4.78, 5) is 2.23. The molecule has 0 spiro atoms. The normalized spacial score (nSPS) is 12.6. The van der Waals surface area contributed by atoms with Gasteiger partial charge in [-0.15, -0.1) is 0 Å². The molecule has 2 nitrogen and oxygen atoms in total. The summed E-state index contributed by atoms with van der Waals surface area (Å²) in [5.74, 6) is -0.248. The molecule has 0 saturated carbocycles. The molecule has 1 atom stereocenters. The van der Waals surface area contributed by atoms with Gasteiger partial charge in [-0.2, -0.15) is 0 Å². The number of hydrogen-bond acceptors (Lipinski definition) is 2. The van der Waals surface area contributed by atoms with Crippen molar-refractivity contribution in [3.63, 3.8) is 0 Å². The summed E-state index contributed by atoms with van der Waals surface area (Å²) < 4.78 is 13.6. The van der Waals surface area contributed by atoms with E-state index in [1.165, 1.54) is 6.07 Å². The molecule has 0 heterocycles. The van der Waals surface area contributed by atoms with Crippen LogP contribution in [0.1, 0.15) is 50.8 Å². The van der Waals surface area contributed by atoms with Crippen LogP contribution in [0.5, 0.6) is 0 Å². The third-order valence-corrected chi connectivity index (χ3v) is 3.09. The summed E-state index contributed by atoms with van der Waals surface area (Å²) in [6.07, 6.45) is 1.43. The van der Waals surface area contributed by atoms with E-state index < -0.39 is 6.10 Å². The average Bonchev–Trinajstić information content (AvgIpc) is 2.31. The highest BCUT2D eigenvalue weighted by Gasteiger charge is 2.16. The zero-order valence-electron chi connectivity index (χ0n) is 11.8. The molecular weight excluding hydrogens is 229 g/mol. The Morgan fingerprint density at radius 1 is 1.22 bits per heavy atom. The van der Waals surface area contributed by atoms with Crippen LogP contribution < -0.4 is 4.90 Å². The number of halogens is 1.